The van der Waals surface area contributed by atoms with Crippen molar-refractivity contribution in [1.82, 2.24) is 0 Å². The number of hydrogen-bond donors (Lipinski definition) is 2. The maximum absolute atomic E-state index is 11.9. The van der Waals surface area contributed by atoms with Crippen LogP contribution < -0.4 is 20.1 Å². The van der Waals surface area contributed by atoms with Crippen LogP contribution in [0.4, 0.5) is 11.4 Å². The van der Waals surface area contributed by atoms with Gasteiger partial charge < -0.3 is 20.1 Å². The van der Waals surface area contributed by atoms with Crippen LogP contribution in [0, 0.1) is 0 Å². The fourth-order valence-corrected chi connectivity index (χ4v) is 1.98. The molecule has 0 spiro atoms. The maximum Gasteiger partial charge on any atom is 0.262 e. The SMILES string of the molecule is CCOc1ccc(NC(=O)COc2ccc(NC(C)=O)cc2)cc1. The number of amides is 2. The quantitative estimate of drug-likeness (QED) is 0.819. The summed E-state index contributed by atoms with van der Waals surface area (Å²) in [5.74, 6) is 0.903. The van der Waals surface area contributed by atoms with E-state index in [1.54, 1.807) is 48.5 Å². The Morgan fingerprint density at radius 1 is 0.833 bits per heavy atom. The van der Waals surface area contributed by atoms with Crippen molar-refractivity contribution in [3.63, 3.8) is 0 Å². The lowest BCUT2D eigenvalue weighted by Crippen LogP contribution is -2.20. The van der Waals surface area contributed by atoms with Crippen molar-refractivity contribution < 1.29 is 19.1 Å². The van der Waals surface area contributed by atoms with Crippen molar-refractivity contribution in [1.29, 1.82) is 0 Å². The predicted octanol–water partition coefficient (Wildman–Crippen LogP) is 3.06. The molecule has 0 aliphatic carbocycles. The van der Waals surface area contributed by atoms with Gasteiger partial charge in [0.25, 0.3) is 5.91 Å². The smallest absolute Gasteiger partial charge is 0.262 e. The Bertz CT molecular complexity index is 681. The minimum atomic E-state index is -0.259. The van der Waals surface area contributed by atoms with E-state index in [-0.39, 0.29) is 18.4 Å². The summed E-state index contributed by atoms with van der Waals surface area (Å²) < 4.78 is 10.8. The Morgan fingerprint density at radius 3 is 1.83 bits per heavy atom. The molecule has 126 valence electrons. The van der Waals surface area contributed by atoms with Crippen LogP contribution in [0.2, 0.25) is 0 Å². The number of benzene rings is 2. The fraction of sp³-hybridized carbons (Fsp3) is 0.222. The highest BCUT2D eigenvalue weighted by Gasteiger charge is 2.04. The van der Waals surface area contributed by atoms with E-state index in [0.29, 0.717) is 23.7 Å². The minimum Gasteiger partial charge on any atom is -0.494 e. The first kappa shape index (κ1) is 17.3. The molecule has 6 nitrogen and oxygen atoms in total. The zero-order valence-electron chi connectivity index (χ0n) is 13.7. The summed E-state index contributed by atoms with van der Waals surface area (Å²) in [6.45, 7) is 3.85. The van der Waals surface area contributed by atoms with Crippen LogP contribution in [-0.4, -0.2) is 25.0 Å². The van der Waals surface area contributed by atoms with Crippen LogP contribution in [0.25, 0.3) is 0 Å². The standard InChI is InChI=1S/C18H20N2O4/c1-3-23-16-8-6-15(7-9-16)20-18(22)12-24-17-10-4-14(5-11-17)19-13(2)21/h4-11H,3,12H2,1-2H3,(H,19,21)(H,20,22). The summed E-state index contributed by atoms with van der Waals surface area (Å²) in [7, 11) is 0. The molecule has 0 atom stereocenters. The Morgan fingerprint density at radius 2 is 1.33 bits per heavy atom. The molecule has 0 fully saturated rings. The second-order valence-corrected chi connectivity index (χ2v) is 5.00. The van der Waals surface area contributed by atoms with Crippen LogP contribution in [0.15, 0.2) is 48.5 Å². The molecule has 2 amide bonds. The van der Waals surface area contributed by atoms with Gasteiger partial charge in [0.2, 0.25) is 5.91 Å². The molecule has 0 saturated heterocycles. The second-order valence-electron chi connectivity index (χ2n) is 5.00. The summed E-state index contributed by atoms with van der Waals surface area (Å²) in [5.41, 5.74) is 1.35. The highest BCUT2D eigenvalue weighted by atomic mass is 16.5. The van der Waals surface area contributed by atoms with Crippen molar-refractivity contribution >= 4 is 23.2 Å². The van der Waals surface area contributed by atoms with Gasteiger partial charge in [0.15, 0.2) is 6.61 Å². The van der Waals surface area contributed by atoms with E-state index in [4.69, 9.17) is 9.47 Å². The highest BCUT2D eigenvalue weighted by Crippen LogP contribution is 2.17. The zero-order chi connectivity index (χ0) is 17.4. The summed E-state index contributed by atoms with van der Waals surface area (Å²) in [5, 5.41) is 5.40. The van der Waals surface area contributed by atoms with Gasteiger partial charge in [-0.15, -0.1) is 0 Å². The zero-order valence-corrected chi connectivity index (χ0v) is 13.7. The second kappa shape index (κ2) is 8.57. The summed E-state index contributed by atoms with van der Waals surface area (Å²) in [6, 6.07) is 13.9. The molecule has 2 rings (SSSR count). The molecule has 24 heavy (non-hydrogen) atoms. The Kier molecular flexibility index (Phi) is 6.19. The normalized spacial score (nSPS) is 9.92. The fourth-order valence-electron chi connectivity index (χ4n) is 1.98. The van der Waals surface area contributed by atoms with E-state index in [1.165, 1.54) is 6.92 Å². The van der Waals surface area contributed by atoms with E-state index in [0.717, 1.165) is 5.75 Å². The van der Waals surface area contributed by atoms with Crippen molar-refractivity contribution in [2.45, 2.75) is 13.8 Å². The molecule has 2 N–H and O–H groups in total. The average molecular weight is 328 g/mol. The van der Waals surface area contributed by atoms with E-state index in [9.17, 15) is 9.59 Å². The van der Waals surface area contributed by atoms with Crippen molar-refractivity contribution in [3.8, 4) is 11.5 Å². The average Bonchev–Trinajstić information content (AvgIpc) is 2.56. The van der Waals surface area contributed by atoms with Gasteiger partial charge in [-0.1, -0.05) is 0 Å². The van der Waals surface area contributed by atoms with Crippen LogP contribution in [0.5, 0.6) is 11.5 Å². The maximum atomic E-state index is 11.9. The van der Waals surface area contributed by atoms with E-state index < -0.39 is 0 Å². The third-order valence-electron chi connectivity index (χ3n) is 2.99. The lowest BCUT2D eigenvalue weighted by molar-refractivity contribution is -0.118. The summed E-state index contributed by atoms with van der Waals surface area (Å²) in [6.07, 6.45) is 0. The third kappa shape index (κ3) is 5.64. The molecule has 2 aromatic rings. The molecule has 0 saturated carbocycles. The third-order valence-corrected chi connectivity index (χ3v) is 2.99. The Balaban J connectivity index is 1.81. The molecule has 2 aromatic carbocycles. The van der Waals surface area contributed by atoms with Crippen LogP contribution in [-0.2, 0) is 9.59 Å². The number of carbonyl (C=O) groups excluding carboxylic acids is 2. The van der Waals surface area contributed by atoms with Crippen LogP contribution in [0.1, 0.15) is 13.8 Å². The molecular weight excluding hydrogens is 308 g/mol. The number of hydrogen-bond acceptors (Lipinski definition) is 4. The number of ether oxygens (including phenoxy) is 2. The van der Waals surface area contributed by atoms with E-state index in [1.807, 2.05) is 6.92 Å². The number of anilines is 2. The molecule has 0 heterocycles. The van der Waals surface area contributed by atoms with Gasteiger partial charge in [-0.25, -0.2) is 0 Å². The first-order valence-electron chi connectivity index (χ1n) is 7.60. The van der Waals surface area contributed by atoms with Crippen molar-refractivity contribution in [3.05, 3.63) is 48.5 Å². The van der Waals surface area contributed by atoms with Gasteiger partial charge in [0, 0.05) is 18.3 Å². The van der Waals surface area contributed by atoms with Gasteiger partial charge in [0.05, 0.1) is 6.61 Å². The topological polar surface area (TPSA) is 76.7 Å². The van der Waals surface area contributed by atoms with Gasteiger partial charge >= 0.3 is 0 Å². The first-order valence-corrected chi connectivity index (χ1v) is 7.60. The van der Waals surface area contributed by atoms with Crippen LogP contribution >= 0.6 is 0 Å². The summed E-state index contributed by atoms with van der Waals surface area (Å²) >= 11 is 0. The Hall–Kier alpha value is -3.02. The highest BCUT2D eigenvalue weighted by molar-refractivity contribution is 5.92. The molecule has 0 bridgehead atoms. The monoisotopic (exact) mass is 328 g/mol. The van der Waals surface area contributed by atoms with Crippen molar-refractivity contribution in [2.24, 2.45) is 0 Å². The molecule has 0 aliphatic rings. The van der Waals surface area contributed by atoms with Gasteiger partial charge in [-0.3, -0.25) is 9.59 Å². The van der Waals surface area contributed by atoms with Gasteiger partial charge in [0.1, 0.15) is 11.5 Å². The minimum absolute atomic E-state index is 0.104. The number of rotatable bonds is 7. The van der Waals surface area contributed by atoms with Crippen LogP contribution in [0.3, 0.4) is 0 Å². The number of carbonyl (C=O) groups is 2. The molecule has 0 unspecified atom stereocenters. The lowest BCUT2D eigenvalue weighted by Gasteiger charge is -2.09. The number of nitrogens with one attached hydrogen (secondary N) is 2. The predicted molar refractivity (Wildman–Crippen MR) is 92.5 cm³/mol. The molecular formula is C18H20N2O4. The van der Waals surface area contributed by atoms with E-state index >= 15 is 0 Å². The first-order chi connectivity index (χ1) is 11.6. The van der Waals surface area contributed by atoms with E-state index in [2.05, 4.69) is 10.6 Å². The molecule has 0 aliphatic heterocycles. The van der Waals surface area contributed by atoms with Crippen molar-refractivity contribution in [2.75, 3.05) is 23.8 Å². The molecule has 6 heteroatoms. The molecule has 0 radical (unpaired) electrons. The lowest BCUT2D eigenvalue weighted by atomic mass is 10.3. The summed E-state index contributed by atoms with van der Waals surface area (Å²) in [4.78, 5) is 22.8. The largest absolute Gasteiger partial charge is 0.494 e. The van der Waals surface area contributed by atoms with Gasteiger partial charge in [-0.05, 0) is 55.5 Å². The Labute approximate surface area is 140 Å². The molecule has 0 aromatic heterocycles. The van der Waals surface area contributed by atoms with Gasteiger partial charge in [-0.2, -0.15) is 0 Å².